The van der Waals surface area contributed by atoms with E-state index < -0.39 is 0 Å². The maximum absolute atomic E-state index is 12.6. The van der Waals surface area contributed by atoms with Gasteiger partial charge in [-0.25, -0.2) is 4.98 Å². The number of thiazole rings is 1. The smallest absolute Gasteiger partial charge is 0.274 e. The molecule has 3 aromatic rings. The second-order valence-electron chi connectivity index (χ2n) is 7.13. The highest BCUT2D eigenvalue weighted by molar-refractivity contribution is 7.15. The van der Waals surface area contributed by atoms with Gasteiger partial charge < -0.3 is 10.2 Å². The molecule has 1 fully saturated rings. The van der Waals surface area contributed by atoms with Gasteiger partial charge in [-0.05, 0) is 36.8 Å². The number of nitrogens with one attached hydrogen (secondary N) is 1. The molecule has 0 spiro atoms. The molecule has 0 aliphatic carbocycles. The quantitative estimate of drug-likeness (QED) is 0.694. The molecule has 0 saturated carbocycles. The third-order valence-electron chi connectivity index (χ3n) is 5.21. The number of carbonyl (C=O) groups excluding carboxylic acids is 2. The van der Waals surface area contributed by atoms with Gasteiger partial charge in [0, 0.05) is 56.2 Å². The van der Waals surface area contributed by atoms with Gasteiger partial charge >= 0.3 is 0 Å². The number of rotatable bonds is 6. The van der Waals surface area contributed by atoms with Crippen molar-refractivity contribution in [1.29, 1.82) is 0 Å². The van der Waals surface area contributed by atoms with E-state index in [0.717, 1.165) is 42.9 Å². The van der Waals surface area contributed by atoms with E-state index >= 15 is 0 Å². The van der Waals surface area contributed by atoms with E-state index in [-0.39, 0.29) is 11.8 Å². The monoisotopic (exact) mass is 397 g/mol. The van der Waals surface area contributed by atoms with Gasteiger partial charge in [0.2, 0.25) is 5.91 Å². The molecule has 1 N–H and O–H groups in total. The Hall–Kier alpha value is -2.74. The van der Waals surface area contributed by atoms with Crippen molar-refractivity contribution in [2.45, 2.75) is 32.2 Å². The molecule has 0 unspecified atom stereocenters. The van der Waals surface area contributed by atoms with Crippen molar-refractivity contribution in [3.05, 3.63) is 53.6 Å². The molecule has 28 heavy (non-hydrogen) atoms. The van der Waals surface area contributed by atoms with Gasteiger partial charge in [0.25, 0.3) is 5.91 Å². The fourth-order valence-corrected chi connectivity index (χ4v) is 4.24. The van der Waals surface area contributed by atoms with Crippen LogP contribution in [-0.2, 0) is 11.3 Å². The third kappa shape index (κ3) is 4.39. The number of piperidine rings is 1. The predicted molar refractivity (Wildman–Crippen MR) is 107 cm³/mol. The summed E-state index contributed by atoms with van der Waals surface area (Å²) in [6, 6.07) is 3.81. The summed E-state index contributed by atoms with van der Waals surface area (Å²) >= 11 is 1.52. The maximum Gasteiger partial charge on any atom is 0.274 e. The Morgan fingerprint density at radius 2 is 2.14 bits per heavy atom. The Morgan fingerprint density at radius 1 is 1.29 bits per heavy atom. The fourth-order valence-electron chi connectivity index (χ4n) is 3.54. The van der Waals surface area contributed by atoms with Crippen molar-refractivity contribution < 1.29 is 9.59 Å². The Bertz CT molecular complexity index is 915. The first-order valence-electron chi connectivity index (χ1n) is 9.56. The molecule has 1 aliphatic heterocycles. The van der Waals surface area contributed by atoms with Crippen LogP contribution < -0.4 is 5.32 Å². The minimum absolute atomic E-state index is 0.00330. The molecular formula is C20H23N5O2S. The molecule has 3 aromatic heterocycles. The second kappa shape index (κ2) is 8.52. The fraction of sp³-hybridized carbons (Fsp3) is 0.400. The van der Waals surface area contributed by atoms with Crippen molar-refractivity contribution in [3.8, 4) is 0 Å². The molecule has 4 heterocycles. The lowest BCUT2D eigenvalue weighted by Crippen LogP contribution is -2.38. The van der Waals surface area contributed by atoms with Gasteiger partial charge in [-0.15, -0.1) is 11.3 Å². The lowest BCUT2D eigenvalue weighted by atomic mass is 9.92. The number of nitrogens with zero attached hydrogens (tertiary/aromatic N) is 4. The van der Waals surface area contributed by atoms with E-state index in [1.54, 1.807) is 18.6 Å². The number of imidazole rings is 1. The number of hydrogen-bond acceptors (Lipinski definition) is 5. The summed E-state index contributed by atoms with van der Waals surface area (Å²) in [4.78, 5) is 35.9. The SMILES string of the molecule is O=C(CCC1CCN(C(=O)c2cn3ccsc3n2)CC1)NCc1cccnc1. The van der Waals surface area contributed by atoms with Crippen LogP contribution in [0.3, 0.4) is 0 Å². The van der Waals surface area contributed by atoms with Gasteiger partial charge in [-0.3, -0.25) is 19.0 Å². The van der Waals surface area contributed by atoms with E-state index in [1.807, 2.05) is 33.0 Å². The molecule has 7 nitrogen and oxygen atoms in total. The van der Waals surface area contributed by atoms with E-state index in [2.05, 4.69) is 15.3 Å². The van der Waals surface area contributed by atoms with Crippen LogP contribution in [0.25, 0.3) is 4.96 Å². The molecule has 1 saturated heterocycles. The number of fused-ring (bicyclic) bond motifs is 1. The van der Waals surface area contributed by atoms with E-state index in [1.165, 1.54) is 11.3 Å². The van der Waals surface area contributed by atoms with Crippen LogP contribution in [0, 0.1) is 5.92 Å². The molecule has 2 amide bonds. The maximum atomic E-state index is 12.6. The van der Waals surface area contributed by atoms with Gasteiger partial charge in [0.05, 0.1) is 0 Å². The predicted octanol–water partition coefficient (Wildman–Crippen LogP) is 2.74. The highest BCUT2D eigenvalue weighted by Crippen LogP contribution is 2.23. The summed E-state index contributed by atoms with van der Waals surface area (Å²) in [6.45, 7) is 1.97. The summed E-state index contributed by atoms with van der Waals surface area (Å²) < 4.78 is 1.88. The Kier molecular flexibility index (Phi) is 5.66. The number of carbonyl (C=O) groups is 2. The highest BCUT2D eigenvalue weighted by atomic mass is 32.1. The molecule has 0 aromatic carbocycles. The van der Waals surface area contributed by atoms with Gasteiger partial charge in [-0.1, -0.05) is 6.07 Å². The zero-order valence-electron chi connectivity index (χ0n) is 15.6. The molecule has 0 atom stereocenters. The van der Waals surface area contributed by atoms with Crippen molar-refractivity contribution in [3.63, 3.8) is 0 Å². The molecule has 8 heteroatoms. The van der Waals surface area contributed by atoms with Crippen molar-refractivity contribution in [2.75, 3.05) is 13.1 Å². The first-order valence-corrected chi connectivity index (χ1v) is 10.4. The number of likely N-dealkylation sites (tertiary alicyclic amines) is 1. The summed E-state index contributed by atoms with van der Waals surface area (Å²) in [5.41, 5.74) is 1.52. The van der Waals surface area contributed by atoms with E-state index in [4.69, 9.17) is 0 Å². The molecule has 0 radical (unpaired) electrons. The molecule has 4 rings (SSSR count). The van der Waals surface area contributed by atoms with Crippen LogP contribution in [0.5, 0.6) is 0 Å². The van der Waals surface area contributed by atoms with Gasteiger partial charge in [0.15, 0.2) is 4.96 Å². The average molecular weight is 398 g/mol. The summed E-state index contributed by atoms with van der Waals surface area (Å²) in [6.07, 6.45) is 10.4. The number of hydrogen-bond donors (Lipinski definition) is 1. The van der Waals surface area contributed by atoms with Crippen LogP contribution in [-0.4, -0.2) is 44.2 Å². The normalized spacial score (nSPS) is 15.1. The van der Waals surface area contributed by atoms with Gasteiger partial charge in [0.1, 0.15) is 5.69 Å². The number of aromatic nitrogens is 3. The van der Waals surface area contributed by atoms with Crippen molar-refractivity contribution in [1.82, 2.24) is 24.6 Å². The van der Waals surface area contributed by atoms with E-state index in [9.17, 15) is 9.59 Å². The lowest BCUT2D eigenvalue weighted by Gasteiger charge is -2.31. The third-order valence-corrected chi connectivity index (χ3v) is 5.98. The van der Waals surface area contributed by atoms with Crippen LogP contribution in [0.1, 0.15) is 41.7 Å². The minimum atomic E-state index is 0.00330. The van der Waals surface area contributed by atoms with Crippen LogP contribution in [0.15, 0.2) is 42.3 Å². The number of pyridine rings is 1. The number of amides is 2. The van der Waals surface area contributed by atoms with Crippen LogP contribution in [0.2, 0.25) is 0 Å². The highest BCUT2D eigenvalue weighted by Gasteiger charge is 2.25. The molecule has 0 bridgehead atoms. The Labute approximate surface area is 167 Å². The Balaban J connectivity index is 1.19. The molecule has 146 valence electrons. The Morgan fingerprint density at radius 3 is 2.89 bits per heavy atom. The molecular weight excluding hydrogens is 374 g/mol. The zero-order chi connectivity index (χ0) is 19.3. The summed E-state index contributed by atoms with van der Waals surface area (Å²) in [7, 11) is 0. The summed E-state index contributed by atoms with van der Waals surface area (Å²) in [5.74, 6) is 0.558. The van der Waals surface area contributed by atoms with Gasteiger partial charge in [-0.2, -0.15) is 0 Å². The van der Waals surface area contributed by atoms with E-state index in [0.29, 0.717) is 24.6 Å². The minimum Gasteiger partial charge on any atom is -0.352 e. The lowest BCUT2D eigenvalue weighted by molar-refractivity contribution is -0.121. The van der Waals surface area contributed by atoms with Crippen LogP contribution in [0.4, 0.5) is 0 Å². The average Bonchev–Trinajstić information content (AvgIpc) is 3.34. The molecule has 1 aliphatic rings. The topological polar surface area (TPSA) is 79.6 Å². The largest absolute Gasteiger partial charge is 0.352 e. The van der Waals surface area contributed by atoms with Crippen LogP contribution >= 0.6 is 11.3 Å². The standard InChI is InChI=1S/C20H23N5O2S/c26-18(22-13-16-2-1-7-21-12-16)4-3-15-5-8-24(9-6-15)19(27)17-14-25-10-11-28-20(25)23-17/h1-2,7,10-12,14-15H,3-6,8-9,13H2,(H,22,26). The zero-order valence-corrected chi connectivity index (χ0v) is 16.4. The second-order valence-corrected chi connectivity index (χ2v) is 8.00. The summed E-state index contributed by atoms with van der Waals surface area (Å²) in [5, 5.41) is 4.90. The van der Waals surface area contributed by atoms with Crippen molar-refractivity contribution in [2.24, 2.45) is 5.92 Å². The first-order chi connectivity index (χ1) is 13.7. The van der Waals surface area contributed by atoms with Crippen molar-refractivity contribution >= 4 is 28.1 Å². The first kappa shape index (κ1) is 18.6.